The standard InChI is InChI=1S/C9H11ClN6/c1-5-3-12-9(14-11)13-8(5)16-4-7(10)6(2)15-16/h3-4H,11H2,1-2H3,(H,12,13,14). The number of hydrogen-bond acceptors (Lipinski definition) is 5. The SMILES string of the molecule is Cc1cnc(NN)nc1-n1cc(Cl)c(C)n1. The summed E-state index contributed by atoms with van der Waals surface area (Å²) in [7, 11) is 0. The van der Waals surface area contributed by atoms with E-state index >= 15 is 0 Å². The fraction of sp³-hybridized carbons (Fsp3) is 0.222. The number of halogens is 1. The van der Waals surface area contributed by atoms with E-state index in [9.17, 15) is 0 Å². The Labute approximate surface area is 97.4 Å². The predicted molar refractivity (Wildman–Crippen MR) is 61.4 cm³/mol. The second-order valence-corrected chi connectivity index (χ2v) is 3.76. The Kier molecular flexibility index (Phi) is 2.76. The van der Waals surface area contributed by atoms with E-state index in [0.717, 1.165) is 11.3 Å². The van der Waals surface area contributed by atoms with Crippen LogP contribution in [0.1, 0.15) is 11.3 Å². The van der Waals surface area contributed by atoms with Gasteiger partial charge in [-0.2, -0.15) is 10.1 Å². The van der Waals surface area contributed by atoms with Gasteiger partial charge in [0, 0.05) is 11.8 Å². The molecule has 0 fully saturated rings. The molecule has 2 heterocycles. The molecule has 0 saturated heterocycles. The highest BCUT2D eigenvalue weighted by Gasteiger charge is 2.09. The first-order chi connectivity index (χ1) is 7.61. The molecule has 0 atom stereocenters. The van der Waals surface area contributed by atoms with Gasteiger partial charge in [-0.1, -0.05) is 11.6 Å². The molecule has 0 saturated carbocycles. The van der Waals surface area contributed by atoms with E-state index in [1.54, 1.807) is 17.1 Å². The fourth-order valence-corrected chi connectivity index (χ4v) is 1.41. The van der Waals surface area contributed by atoms with Crippen LogP contribution in [0.2, 0.25) is 5.02 Å². The molecule has 16 heavy (non-hydrogen) atoms. The van der Waals surface area contributed by atoms with Crippen molar-refractivity contribution in [2.45, 2.75) is 13.8 Å². The molecule has 3 N–H and O–H groups in total. The maximum Gasteiger partial charge on any atom is 0.239 e. The highest BCUT2D eigenvalue weighted by atomic mass is 35.5. The summed E-state index contributed by atoms with van der Waals surface area (Å²) >= 11 is 5.94. The monoisotopic (exact) mass is 238 g/mol. The van der Waals surface area contributed by atoms with Crippen LogP contribution in [0.3, 0.4) is 0 Å². The van der Waals surface area contributed by atoms with Crippen molar-refractivity contribution in [3.05, 3.63) is 28.7 Å². The second-order valence-electron chi connectivity index (χ2n) is 3.35. The van der Waals surface area contributed by atoms with Gasteiger partial charge in [0.25, 0.3) is 0 Å². The van der Waals surface area contributed by atoms with Crippen LogP contribution in [-0.4, -0.2) is 19.7 Å². The average Bonchev–Trinajstić information content (AvgIpc) is 2.60. The minimum atomic E-state index is 0.338. The summed E-state index contributed by atoms with van der Waals surface area (Å²) in [6, 6.07) is 0. The van der Waals surface area contributed by atoms with Gasteiger partial charge in [-0.25, -0.2) is 15.5 Å². The highest BCUT2D eigenvalue weighted by Crippen LogP contribution is 2.17. The molecule has 0 unspecified atom stereocenters. The zero-order valence-corrected chi connectivity index (χ0v) is 9.65. The predicted octanol–water partition coefficient (Wildman–Crippen LogP) is 1.22. The smallest absolute Gasteiger partial charge is 0.239 e. The van der Waals surface area contributed by atoms with Gasteiger partial charge in [-0.3, -0.25) is 5.43 Å². The Balaban J connectivity index is 2.54. The maximum atomic E-state index is 5.94. The Morgan fingerprint density at radius 1 is 1.44 bits per heavy atom. The number of nitrogens with two attached hydrogens (primary N) is 1. The highest BCUT2D eigenvalue weighted by molar-refractivity contribution is 6.31. The molecule has 2 aromatic rings. The number of aryl methyl sites for hydroxylation is 2. The topological polar surface area (TPSA) is 81.6 Å². The van der Waals surface area contributed by atoms with Crippen LogP contribution in [0.4, 0.5) is 5.95 Å². The molecule has 0 amide bonds. The molecular formula is C9H11ClN6. The number of nitrogens with one attached hydrogen (secondary N) is 1. The van der Waals surface area contributed by atoms with Crippen LogP contribution >= 0.6 is 11.6 Å². The fourth-order valence-electron chi connectivity index (χ4n) is 1.28. The van der Waals surface area contributed by atoms with Gasteiger partial charge in [0.15, 0.2) is 5.82 Å². The first-order valence-corrected chi connectivity index (χ1v) is 5.02. The van der Waals surface area contributed by atoms with Crippen molar-refractivity contribution in [1.82, 2.24) is 19.7 Å². The summed E-state index contributed by atoms with van der Waals surface area (Å²) in [5.41, 5.74) is 4.03. The molecule has 2 rings (SSSR count). The molecule has 84 valence electrons. The summed E-state index contributed by atoms with van der Waals surface area (Å²) in [5, 5.41) is 4.84. The number of aromatic nitrogens is 4. The van der Waals surface area contributed by atoms with Crippen molar-refractivity contribution >= 4 is 17.5 Å². The molecule has 0 bridgehead atoms. The van der Waals surface area contributed by atoms with Crippen LogP contribution < -0.4 is 11.3 Å². The quantitative estimate of drug-likeness (QED) is 0.607. The van der Waals surface area contributed by atoms with Crippen LogP contribution in [0.15, 0.2) is 12.4 Å². The molecule has 0 aliphatic heterocycles. The van der Waals surface area contributed by atoms with E-state index in [2.05, 4.69) is 20.5 Å². The van der Waals surface area contributed by atoms with Crippen LogP contribution in [0, 0.1) is 13.8 Å². The van der Waals surface area contributed by atoms with Gasteiger partial charge in [0.2, 0.25) is 5.95 Å². The lowest BCUT2D eigenvalue weighted by molar-refractivity contribution is 0.817. The van der Waals surface area contributed by atoms with E-state index in [4.69, 9.17) is 17.4 Å². The third-order valence-corrected chi connectivity index (χ3v) is 2.50. The molecule has 0 aromatic carbocycles. The van der Waals surface area contributed by atoms with Crippen molar-refractivity contribution in [3.63, 3.8) is 0 Å². The Bertz CT molecular complexity index is 501. The van der Waals surface area contributed by atoms with Crippen molar-refractivity contribution < 1.29 is 0 Å². The molecule has 0 aliphatic rings. The van der Waals surface area contributed by atoms with E-state index in [-0.39, 0.29) is 0 Å². The lowest BCUT2D eigenvalue weighted by atomic mass is 10.3. The lowest BCUT2D eigenvalue weighted by Gasteiger charge is -2.05. The summed E-state index contributed by atoms with van der Waals surface area (Å²) in [6.07, 6.45) is 3.37. The van der Waals surface area contributed by atoms with Crippen LogP contribution in [-0.2, 0) is 0 Å². The van der Waals surface area contributed by atoms with Gasteiger partial charge < -0.3 is 0 Å². The maximum absolute atomic E-state index is 5.94. The summed E-state index contributed by atoms with van der Waals surface area (Å²) in [4.78, 5) is 8.20. The number of anilines is 1. The van der Waals surface area contributed by atoms with Gasteiger partial charge in [0.05, 0.1) is 16.9 Å². The number of rotatable bonds is 2. The Morgan fingerprint density at radius 3 is 2.75 bits per heavy atom. The Hall–Kier alpha value is -1.66. The second kappa shape index (κ2) is 4.07. The van der Waals surface area contributed by atoms with Crippen LogP contribution in [0.5, 0.6) is 0 Å². The summed E-state index contributed by atoms with van der Waals surface area (Å²) in [6.45, 7) is 3.72. The van der Waals surface area contributed by atoms with Crippen molar-refractivity contribution in [2.24, 2.45) is 5.84 Å². The van der Waals surface area contributed by atoms with E-state index in [1.165, 1.54) is 0 Å². The summed E-state index contributed by atoms with van der Waals surface area (Å²) < 4.78 is 1.61. The van der Waals surface area contributed by atoms with E-state index in [1.807, 2.05) is 13.8 Å². The number of nitrogen functional groups attached to an aromatic ring is 1. The van der Waals surface area contributed by atoms with Gasteiger partial charge in [-0.15, -0.1) is 0 Å². The molecule has 0 aliphatic carbocycles. The van der Waals surface area contributed by atoms with Gasteiger partial charge in [-0.05, 0) is 13.8 Å². The molecule has 7 heteroatoms. The van der Waals surface area contributed by atoms with Crippen molar-refractivity contribution in [2.75, 3.05) is 5.43 Å². The normalized spacial score (nSPS) is 10.5. The van der Waals surface area contributed by atoms with E-state index in [0.29, 0.717) is 16.8 Å². The third-order valence-electron chi connectivity index (χ3n) is 2.13. The molecule has 2 aromatic heterocycles. The third kappa shape index (κ3) is 1.84. The zero-order chi connectivity index (χ0) is 11.7. The first kappa shape index (κ1) is 10.8. The van der Waals surface area contributed by atoms with Crippen LogP contribution in [0.25, 0.3) is 5.82 Å². The van der Waals surface area contributed by atoms with Gasteiger partial charge >= 0.3 is 0 Å². The minimum absolute atomic E-state index is 0.338. The zero-order valence-electron chi connectivity index (χ0n) is 8.90. The summed E-state index contributed by atoms with van der Waals surface area (Å²) in [5.74, 6) is 6.24. The average molecular weight is 239 g/mol. The lowest BCUT2D eigenvalue weighted by Crippen LogP contribution is -2.13. The number of hydrazine groups is 1. The number of nitrogens with zero attached hydrogens (tertiary/aromatic N) is 4. The van der Waals surface area contributed by atoms with E-state index < -0.39 is 0 Å². The number of hydrogen-bond donors (Lipinski definition) is 2. The Morgan fingerprint density at radius 2 is 2.19 bits per heavy atom. The van der Waals surface area contributed by atoms with Gasteiger partial charge in [0.1, 0.15) is 0 Å². The molecule has 0 radical (unpaired) electrons. The minimum Gasteiger partial charge on any atom is -0.292 e. The van der Waals surface area contributed by atoms with Crippen molar-refractivity contribution in [1.29, 1.82) is 0 Å². The molecular weight excluding hydrogens is 228 g/mol. The molecule has 6 nitrogen and oxygen atoms in total. The first-order valence-electron chi connectivity index (χ1n) is 4.64. The molecule has 0 spiro atoms. The largest absolute Gasteiger partial charge is 0.292 e. The van der Waals surface area contributed by atoms with Crippen molar-refractivity contribution in [3.8, 4) is 5.82 Å².